The first kappa shape index (κ1) is 23.2. The molecule has 1 amide bonds. The average Bonchev–Trinajstić information content (AvgIpc) is 2.71. The van der Waals surface area contributed by atoms with Gasteiger partial charge in [-0.3, -0.25) is 4.79 Å². The molecule has 0 aliphatic heterocycles. The number of benzene rings is 2. The molecule has 3 rings (SSSR count). The van der Waals surface area contributed by atoms with Gasteiger partial charge >= 0.3 is 6.18 Å². The van der Waals surface area contributed by atoms with E-state index >= 15 is 0 Å². The summed E-state index contributed by atoms with van der Waals surface area (Å²) in [6.45, 7) is 3.06. The number of aliphatic hydroxyl groups is 1. The number of aromatic nitrogens is 1. The number of amides is 1. The molecule has 0 aliphatic rings. The quantitative estimate of drug-likeness (QED) is 0.509. The van der Waals surface area contributed by atoms with Crippen molar-refractivity contribution < 1.29 is 32.2 Å². The molecule has 3 aromatic rings. The van der Waals surface area contributed by atoms with Crippen LogP contribution < -0.4 is 10.1 Å². The Morgan fingerprint density at radius 2 is 1.78 bits per heavy atom. The number of nitrogens with zero attached hydrogens (tertiary/aromatic N) is 1. The van der Waals surface area contributed by atoms with E-state index in [2.05, 4.69) is 10.3 Å². The highest BCUT2D eigenvalue weighted by Gasteiger charge is 2.30. The Morgan fingerprint density at radius 1 is 1.09 bits per heavy atom. The summed E-state index contributed by atoms with van der Waals surface area (Å²) in [5, 5.41) is 12.4. The van der Waals surface area contributed by atoms with Crippen LogP contribution in [0.25, 0.3) is 11.1 Å². The Balaban J connectivity index is 1.95. The van der Waals surface area contributed by atoms with Crippen LogP contribution in [0.1, 0.15) is 29.8 Å². The zero-order chi connectivity index (χ0) is 23.5. The average molecular weight is 448 g/mol. The number of alkyl halides is 3. The van der Waals surface area contributed by atoms with Gasteiger partial charge in [-0.05, 0) is 61.9 Å². The minimum atomic E-state index is -4.48. The van der Waals surface area contributed by atoms with E-state index in [1.807, 2.05) is 0 Å². The van der Waals surface area contributed by atoms with Crippen LogP contribution in [0.15, 0.2) is 60.8 Å². The number of pyridine rings is 1. The van der Waals surface area contributed by atoms with E-state index in [1.165, 1.54) is 44.3 Å². The van der Waals surface area contributed by atoms with Gasteiger partial charge in [0, 0.05) is 18.3 Å². The van der Waals surface area contributed by atoms with Crippen LogP contribution in [-0.2, 0) is 6.18 Å². The molecule has 0 spiro atoms. The molecule has 2 N–H and O–H groups in total. The Bertz CT molecular complexity index is 1110. The second-order valence-corrected chi connectivity index (χ2v) is 7.71. The van der Waals surface area contributed by atoms with Gasteiger partial charge in [0.1, 0.15) is 11.6 Å². The molecule has 168 valence electrons. The predicted octanol–water partition coefficient (Wildman–Crippen LogP) is 5.20. The third-order valence-electron chi connectivity index (χ3n) is 4.33. The van der Waals surface area contributed by atoms with Crippen molar-refractivity contribution in [1.82, 2.24) is 10.3 Å². The number of nitrogens with one attached hydrogen (secondary N) is 1. The highest BCUT2D eigenvalue weighted by atomic mass is 19.4. The molecular formula is C23H20F4N2O3. The van der Waals surface area contributed by atoms with E-state index in [-0.39, 0.29) is 29.3 Å². The second-order valence-electron chi connectivity index (χ2n) is 7.71. The summed E-state index contributed by atoms with van der Waals surface area (Å²) in [6.07, 6.45) is -3.26. The molecule has 0 bridgehead atoms. The van der Waals surface area contributed by atoms with Gasteiger partial charge in [-0.15, -0.1) is 0 Å². The van der Waals surface area contributed by atoms with Crippen molar-refractivity contribution in [1.29, 1.82) is 0 Å². The van der Waals surface area contributed by atoms with Crippen LogP contribution >= 0.6 is 0 Å². The van der Waals surface area contributed by atoms with Gasteiger partial charge in [-0.25, -0.2) is 9.37 Å². The zero-order valence-corrected chi connectivity index (χ0v) is 17.2. The van der Waals surface area contributed by atoms with Crippen molar-refractivity contribution in [2.45, 2.75) is 25.6 Å². The van der Waals surface area contributed by atoms with Gasteiger partial charge in [-0.2, -0.15) is 13.2 Å². The molecule has 0 radical (unpaired) electrons. The number of ether oxygens (including phenoxy) is 1. The van der Waals surface area contributed by atoms with Crippen molar-refractivity contribution in [2.75, 3.05) is 6.54 Å². The second kappa shape index (κ2) is 8.96. The first-order valence-electron chi connectivity index (χ1n) is 9.54. The summed E-state index contributed by atoms with van der Waals surface area (Å²) in [5.41, 5.74) is -1.20. The van der Waals surface area contributed by atoms with Crippen LogP contribution in [0.2, 0.25) is 0 Å². The summed E-state index contributed by atoms with van der Waals surface area (Å²) in [6, 6.07) is 11.0. The molecule has 1 aromatic heterocycles. The maximum Gasteiger partial charge on any atom is 0.416 e. The smallest absolute Gasteiger partial charge is 0.416 e. The van der Waals surface area contributed by atoms with Crippen LogP contribution in [0.4, 0.5) is 17.6 Å². The summed E-state index contributed by atoms with van der Waals surface area (Å²) in [7, 11) is 0. The number of carbonyl (C=O) groups is 1. The Labute approximate surface area is 181 Å². The van der Waals surface area contributed by atoms with Gasteiger partial charge < -0.3 is 15.2 Å². The third kappa shape index (κ3) is 6.04. The van der Waals surface area contributed by atoms with Crippen molar-refractivity contribution in [3.05, 3.63) is 77.7 Å². The normalized spacial score (nSPS) is 11.8. The van der Waals surface area contributed by atoms with Gasteiger partial charge in [0.15, 0.2) is 0 Å². The lowest BCUT2D eigenvalue weighted by Crippen LogP contribution is -2.38. The predicted molar refractivity (Wildman–Crippen MR) is 110 cm³/mol. The van der Waals surface area contributed by atoms with Crippen molar-refractivity contribution >= 4 is 5.91 Å². The Morgan fingerprint density at radius 3 is 2.38 bits per heavy atom. The van der Waals surface area contributed by atoms with E-state index in [1.54, 1.807) is 6.07 Å². The van der Waals surface area contributed by atoms with Crippen LogP contribution in [0.3, 0.4) is 0 Å². The maximum atomic E-state index is 13.8. The van der Waals surface area contributed by atoms with Crippen LogP contribution in [0.5, 0.6) is 11.6 Å². The van der Waals surface area contributed by atoms with Crippen molar-refractivity contribution in [3.63, 3.8) is 0 Å². The molecule has 5 nitrogen and oxygen atoms in total. The first-order valence-corrected chi connectivity index (χ1v) is 9.54. The summed E-state index contributed by atoms with van der Waals surface area (Å²) >= 11 is 0. The molecule has 2 aromatic carbocycles. The standard InChI is InChI=1S/C23H20F4N2O3/c1-22(2,31)13-29-20(30)15-11-19(14-4-3-5-17(24)10-14)21(28-12-15)32-18-8-6-16(7-9-18)23(25,26)27/h3-12,31H,13H2,1-2H3,(H,29,30). The minimum absolute atomic E-state index is 0.00899. The fourth-order valence-corrected chi connectivity index (χ4v) is 2.74. The third-order valence-corrected chi connectivity index (χ3v) is 4.33. The zero-order valence-electron chi connectivity index (χ0n) is 17.2. The summed E-state index contributed by atoms with van der Waals surface area (Å²) < 4.78 is 57.8. The number of hydrogen-bond acceptors (Lipinski definition) is 4. The highest BCUT2D eigenvalue weighted by molar-refractivity contribution is 5.95. The SMILES string of the molecule is CC(C)(O)CNC(=O)c1cnc(Oc2ccc(C(F)(F)F)cc2)c(-c2cccc(F)c2)c1. The molecular weight excluding hydrogens is 428 g/mol. The number of halogens is 4. The molecule has 0 atom stereocenters. The Kier molecular flexibility index (Phi) is 6.50. The van der Waals surface area contributed by atoms with Crippen LogP contribution in [0, 0.1) is 5.82 Å². The van der Waals surface area contributed by atoms with Crippen molar-refractivity contribution in [2.24, 2.45) is 0 Å². The Hall–Kier alpha value is -3.46. The molecule has 0 aliphatic carbocycles. The molecule has 32 heavy (non-hydrogen) atoms. The lowest BCUT2D eigenvalue weighted by molar-refractivity contribution is -0.137. The summed E-state index contributed by atoms with van der Waals surface area (Å²) in [4.78, 5) is 16.6. The molecule has 9 heteroatoms. The fraction of sp³-hybridized carbons (Fsp3) is 0.217. The molecule has 0 saturated heterocycles. The minimum Gasteiger partial charge on any atom is -0.438 e. The van der Waals surface area contributed by atoms with E-state index in [0.717, 1.165) is 24.3 Å². The lowest BCUT2D eigenvalue weighted by atomic mass is 10.0. The summed E-state index contributed by atoms with van der Waals surface area (Å²) in [5.74, 6) is -0.977. The van der Waals surface area contributed by atoms with Gasteiger partial charge in [0.05, 0.1) is 16.7 Å². The van der Waals surface area contributed by atoms with E-state index in [0.29, 0.717) is 5.56 Å². The van der Waals surface area contributed by atoms with E-state index in [4.69, 9.17) is 4.74 Å². The van der Waals surface area contributed by atoms with E-state index < -0.39 is 29.1 Å². The van der Waals surface area contributed by atoms with E-state index in [9.17, 15) is 27.5 Å². The first-order chi connectivity index (χ1) is 14.9. The van der Waals surface area contributed by atoms with Crippen molar-refractivity contribution in [3.8, 4) is 22.8 Å². The van der Waals surface area contributed by atoms with Crippen LogP contribution in [-0.4, -0.2) is 28.1 Å². The molecule has 0 saturated carbocycles. The fourth-order valence-electron chi connectivity index (χ4n) is 2.74. The molecule has 0 unspecified atom stereocenters. The lowest BCUT2D eigenvalue weighted by Gasteiger charge is -2.18. The van der Waals surface area contributed by atoms with Gasteiger partial charge in [0.2, 0.25) is 5.88 Å². The maximum absolute atomic E-state index is 13.8. The molecule has 0 fully saturated rings. The molecule has 1 heterocycles. The monoisotopic (exact) mass is 448 g/mol. The van der Waals surface area contributed by atoms with Gasteiger partial charge in [0.25, 0.3) is 5.91 Å². The highest BCUT2D eigenvalue weighted by Crippen LogP contribution is 2.35. The number of rotatable bonds is 6. The topological polar surface area (TPSA) is 71.5 Å². The number of carbonyl (C=O) groups excluding carboxylic acids is 1. The van der Waals surface area contributed by atoms with Gasteiger partial charge in [-0.1, -0.05) is 12.1 Å². The number of hydrogen-bond donors (Lipinski definition) is 2. The largest absolute Gasteiger partial charge is 0.438 e.